The van der Waals surface area contributed by atoms with Gasteiger partial charge in [0.2, 0.25) is 0 Å². The van der Waals surface area contributed by atoms with Crippen molar-refractivity contribution in [2.24, 2.45) is 0 Å². The highest BCUT2D eigenvalue weighted by Crippen LogP contribution is 2.15. The van der Waals surface area contributed by atoms with Crippen LogP contribution in [0, 0.1) is 6.92 Å². The number of rotatable bonds is 5. The molecule has 104 valence electrons. The molecule has 5 nitrogen and oxygen atoms in total. The van der Waals surface area contributed by atoms with Crippen molar-refractivity contribution >= 4 is 5.97 Å². The second-order valence-electron chi connectivity index (χ2n) is 5.01. The quantitative estimate of drug-likeness (QED) is 0.872. The van der Waals surface area contributed by atoms with Crippen LogP contribution in [0.5, 0.6) is 0 Å². The molecule has 1 aliphatic heterocycles. The number of ether oxygens (including phenoxy) is 1. The summed E-state index contributed by atoms with van der Waals surface area (Å²) in [7, 11) is 0. The van der Waals surface area contributed by atoms with E-state index in [1.807, 2.05) is 13.1 Å². The van der Waals surface area contributed by atoms with E-state index in [4.69, 9.17) is 9.84 Å². The molecule has 0 amide bonds. The van der Waals surface area contributed by atoms with Gasteiger partial charge in [0.05, 0.1) is 11.8 Å². The molecule has 0 bridgehead atoms. The molecule has 0 radical (unpaired) electrons. The molecule has 19 heavy (non-hydrogen) atoms. The second-order valence-corrected chi connectivity index (χ2v) is 5.01. The van der Waals surface area contributed by atoms with Crippen molar-refractivity contribution in [1.29, 1.82) is 0 Å². The zero-order valence-corrected chi connectivity index (χ0v) is 11.2. The van der Waals surface area contributed by atoms with E-state index in [0.29, 0.717) is 0 Å². The average Bonchev–Trinajstić information content (AvgIpc) is 2.40. The van der Waals surface area contributed by atoms with Crippen LogP contribution < -0.4 is 0 Å². The van der Waals surface area contributed by atoms with Crippen molar-refractivity contribution in [3.8, 4) is 0 Å². The summed E-state index contributed by atoms with van der Waals surface area (Å²) in [5.41, 5.74) is 2.25. The van der Waals surface area contributed by atoms with Crippen LogP contribution in [0.1, 0.15) is 24.1 Å². The molecule has 0 aliphatic carbocycles. The highest BCUT2D eigenvalue weighted by Gasteiger charge is 2.20. The predicted molar refractivity (Wildman–Crippen MR) is 70.9 cm³/mol. The van der Waals surface area contributed by atoms with Crippen molar-refractivity contribution in [2.75, 3.05) is 19.7 Å². The van der Waals surface area contributed by atoms with Crippen LogP contribution in [0.3, 0.4) is 0 Å². The fraction of sp³-hybridized carbons (Fsp3) is 0.571. The number of carbonyl (C=O) groups is 1. The van der Waals surface area contributed by atoms with Gasteiger partial charge in [-0.05, 0) is 31.4 Å². The van der Waals surface area contributed by atoms with Crippen LogP contribution in [-0.2, 0) is 16.1 Å². The Hall–Kier alpha value is -1.46. The molecule has 5 heteroatoms. The first-order chi connectivity index (χ1) is 9.13. The number of hydrogen-bond acceptors (Lipinski definition) is 4. The van der Waals surface area contributed by atoms with Gasteiger partial charge in [0.1, 0.15) is 6.61 Å². The zero-order valence-electron chi connectivity index (χ0n) is 11.2. The van der Waals surface area contributed by atoms with Crippen molar-refractivity contribution < 1.29 is 14.6 Å². The lowest BCUT2D eigenvalue weighted by atomic mass is 10.1. The van der Waals surface area contributed by atoms with Crippen molar-refractivity contribution in [1.82, 2.24) is 9.88 Å². The standard InChI is InChI=1S/C14H20N2O3/c1-11-2-3-12(15-8-11)9-16-6-4-13(5-7-16)19-10-14(17)18/h2-3,8,13H,4-7,9-10H2,1H3,(H,17,18). The maximum absolute atomic E-state index is 10.4. The predicted octanol–water partition coefficient (Wildman–Crippen LogP) is 1.46. The number of carboxylic acids is 1. The van der Waals surface area contributed by atoms with Crippen LogP contribution in [0.4, 0.5) is 0 Å². The summed E-state index contributed by atoms with van der Waals surface area (Å²) in [6, 6.07) is 4.13. The minimum atomic E-state index is -0.897. The van der Waals surface area contributed by atoms with Crippen LogP contribution >= 0.6 is 0 Å². The molecule has 1 aromatic rings. The first kappa shape index (κ1) is 14.0. The van der Waals surface area contributed by atoms with Crippen LogP contribution in [0.2, 0.25) is 0 Å². The summed E-state index contributed by atoms with van der Waals surface area (Å²) >= 11 is 0. The van der Waals surface area contributed by atoms with Gasteiger partial charge in [-0.2, -0.15) is 0 Å². The number of piperidine rings is 1. The Balaban J connectivity index is 1.74. The highest BCUT2D eigenvalue weighted by atomic mass is 16.5. The van der Waals surface area contributed by atoms with E-state index in [-0.39, 0.29) is 12.7 Å². The summed E-state index contributed by atoms with van der Waals surface area (Å²) in [6.45, 7) is 4.55. The fourth-order valence-corrected chi connectivity index (χ4v) is 2.24. The minimum Gasteiger partial charge on any atom is -0.480 e. The number of aliphatic carboxylic acids is 1. The highest BCUT2D eigenvalue weighted by molar-refractivity contribution is 5.68. The molecule has 0 spiro atoms. The molecular formula is C14H20N2O3. The number of nitrogens with zero attached hydrogens (tertiary/aromatic N) is 2. The number of hydrogen-bond donors (Lipinski definition) is 1. The van der Waals surface area contributed by atoms with Gasteiger partial charge in [-0.25, -0.2) is 4.79 Å². The van der Waals surface area contributed by atoms with E-state index in [2.05, 4.69) is 22.0 Å². The van der Waals surface area contributed by atoms with E-state index >= 15 is 0 Å². The monoisotopic (exact) mass is 264 g/mol. The molecule has 1 N–H and O–H groups in total. The SMILES string of the molecule is Cc1ccc(CN2CCC(OCC(=O)O)CC2)nc1. The lowest BCUT2D eigenvalue weighted by Crippen LogP contribution is -2.37. The number of aryl methyl sites for hydroxylation is 1. The van der Waals surface area contributed by atoms with Gasteiger partial charge in [-0.1, -0.05) is 6.07 Å². The Morgan fingerprint density at radius 2 is 2.21 bits per heavy atom. The van der Waals surface area contributed by atoms with Crippen molar-refractivity contribution in [3.05, 3.63) is 29.6 Å². The van der Waals surface area contributed by atoms with Gasteiger partial charge in [0.15, 0.2) is 0 Å². The number of likely N-dealkylation sites (tertiary alicyclic amines) is 1. The van der Waals surface area contributed by atoms with Crippen LogP contribution in [-0.4, -0.2) is 46.8 Å². The average molecular weight is 264 g/mol. The number of carboxylic acid groups (broad SMARTS) is 1. The summed E-state index contributed by atoms with van der Waals surface area (Å²) in [5.74, 6) is -0.897. The summed E-state index contributed by atoms with van der Waals surface area (Å²) in [6.07, 6.45) is 3.74. The third kappa shape index (κ3) is 4.61. The summed E-state index contributed by atoms with van der Waals surface area (Å²) < 4.78 is 5.32. The van der Waals surface area contributed by atoms with Gasteiger partial charge in [0.25, 0.3) is 0 Å². The van der Waals surface area contributed by atoms with Crippen LogP contribution in [0.15, 0.2) is 18.3 Å². The Morgan fingerprint density at radius 1 is 1.47 bits per heavy atom. The molecule has 2 heterocycles. The normalized spacial score (nSPS) is 17.5. The third-order valence-electron chi connectivity index (χ3n) is 3.34. The number of aromatic nitrogens is 1. The van der Waals surface area contributed by atoms with Gasteiger partial charge >= 0.3 is 5.97 Å². The van der Waals surface area contributed by atoms with Gasteiger partial charge < -0.3 is 9.84 Å². The third-order valence-corrected chi connectivity index (χ3v) is 3.34. The maximum atomic E-state index is 10.4. The molecule has 1 fully saturated rings. The van der Waals surface area contributed by atoms with Crippen molar-refractivity contribution in [3.63, 3.8) is 0 Å². The fourth-order valence-electron chi connectivity index (χ4n) is 2.24. The smallest absolute Gasteiger partial charge is 0.329 e. The molecule has 1 aromatic heterocycles. The van der Waals surface area contributed by atoms with Crippen molar-refractivity contribution in [2.45, 2.75) is 32.4 Å². The molecule has 0 unspecified atom stereocenters. The first-order valence-electron chi connectivity index (χ1n) is 6.61. The lowest BCUT2D eigenvalue weighted by molar-refractivity contribution is -0.145. The molecule has 0 aromatic carbocycles. The Bertz CT molecular complexity index is 411. The summed E-state index contributed by atoms with van der Waals surface area (Å²) in [4.78, 5) is 17.2. The van der Waals surface area contributed by atoms with E-state index in [1.54, 1.807) is 0 Å². The minimum absolute atomic E-state index is 0.0818. The molecular weight excluding hydrogens is 244 g/mol. The maximum Gasteiger partial charge on any atom is 0.329 e. The molecule has 1 saturated heterocycles. The van der Waals surface area contributed by atoms with E-state index in [9.17, 15) is 4.79 Å². The van der Waals surface area contributed by atoms with Crippen LogP contribution in [0.25, 0.3) is 0 Å². The number of pyridine rings is 1. The Kier molecular flexibility index (Phi) is 4.87. The largest absolute Gasteiger partial charge is 0.480 e. The molecule has 0 saturated carbocycles. The van der Waals surface area contributed by atoms with Gasteiger partial charge in [0, 0.05) is 25.8 Å². The van der Waals surface area contributed by atoms with E-state index in [0.717, 1.165) is 38.2 Å². The molecule has 1 aliphatic rings. The summed E-state index contributed by atoms with van der Waals surface area (Å²) in [5, 5.41) is 8.57. The second kappa shape index (κ2) is 6.63. The molecule has 0 atom stereocenters. The topological polar surface area (TPSA) is 62.7 Å². The lowest BCUT2D eigenvalue weighted by Gasteiger charge is -2.31. The molecule has 2 rings (SSSR count). The zero-order chi connectivity index (χ0) is 13.7. The Morgan fingerprint density at radius 3 is 2.79 bits per heavy atom. The van der Waals surface area contributed by atoms with E-state index in [1.165, 1.54) is 5.56 Å². The van der Waals surface area contributed by atoms with E-state index < -0.39 is 5.97 Å². The van der Waals surface area contributed by atoms with Gasteiger partial charge in [-0.3, -0.25) is 9.88 Å². The first-order valence-corrected chi connectivity index (χ1v) is 6.61. The van der Waals surface area contributed by atoms with Gasteiger partial charge in [-0.15, -0.1) is 0 Å². The Labute approximate surface area is 113 Å².